The van der Waals surface area contributed by atoms with Crippen LogP contribution in [0.4, 0.5) is 0 Å². The average molecular weight is 289 g/mol. The fourth-order valence-corrected chi connectivity index (χ4v) is 4.22. The van der Waals surface area contributed by atoms with Crippen molar-refractivity contribution in [3.8, 4) is 0 Å². The van der Waals surface area contributed by atoms with Crippen molar-refractivity contribution in [2.45, 2.75) is 48.9 Å². The van der Waals surface area contributed by atoms with Crippen LogP contribution < -0.4 is 4.72 Å². The highest BCUT2D eigenvalue weighted by Crippen LogP contribution is 2.28. The monoisotopic (exact) mass is 289 g/mol. The van der Waals surface area contributed by atoms with Crippen molar-refractivity contribution in [3.63, 3.8) is 0 Å². The minimum Gasteiger partial charge on any atom is -0.332 e. The van der Waals surface area contributed by atoms with Crippen LogP contribution in [0.25, 0.3) is 0 Å². The molecule has 0 aromatic carbocycles. The van der Waals surface area contributed by atoms with Gasteiger partial charge in [0.15, 0.2) is 5.03 Å². The molecule has 0 radical (unpaired) electrons. The predicted molar refractivity (Wildman–Crippen MR) is 73.2 cm³/mol. The first-order valence-corrected chi connectivity index (χ1v) is 8.91. The highest BCUT2D eigenvalue weighted by atomic mass is 32.2. The van der Waals surface area contributed by atoms with Crippen LogP contribution in [-0.4, -0.2) is 35.9 Å². The van der Waals surface area contributed by atoms with Crippen molar-refractivity contribution in [3.05, 3.63) is 12.0 Å². The van der Waals surface area contributed by atoms with E-state index in [1.165, 1.54) is 6.20 Å². The summed E-state index contributed by atoms with van der Waals surface area (Å²) in [5.74, 6) is 0.698. The average Bonchev–Trinajstić information content (AvgIpc) is 2.96. The van der Waals surface area contributed by atoms with Crippen LogP contribution in [0.5, 0.6) is 0 Å². The highest BCUT2D eigenvalue weighted by molar-refractivity contribution is 7.99. The maximum atomic E-state index is 12.1. The van der Waals surface area contributed by atoms with Gasteiger partial charge in [-0.3, -0.25) is 0 Å². The number of H-pyrrole nitrogens is 1. The molecule has 18 heavy (non-hydrogen) atoms. The van der Waals surface area contributed by atoms with Gasteiger partial charge in [0.1, 0.15) is 5.82 Å². The zero-order valence-electron chi connectivity index (χ0n) is 10.6. The molecule has 102 valence electrons. The summed E-state index contributed by atoms with van der Waals surface area (Å²) in [6.07, 6.45) is 7.08. The quantitative estimate of drug-likeness (QED) is 0.862. The van der Waals surface area contributed by atoms with Gasteiger partial charge in [-0.1, -0.05) is 6.92 Å². The summed E-state index contributed by atoms with van der Waals surface area (Å²) >= 11 is 1.81. The summed E-state index contributed by atoms with van der Waals surface area (Å²) in [7, 11) is -3.44. The molecule has 1 aromatic rings. The lowest BCUT2D eigenvalue weighted by Crippen LogP contribution is -2.33. The number of hydrogen-bond donors (Lipinski definition) is 2. The van der Waals surface area contributed by atoms with Crippen LogP contribution >= 0.6 is 11.8 Å². The Kier molecular flexibility index (Phi) is 4.34. The molecule has 0 aliphatic heterocycles. The van der Waals surface area contributed by atoms with Crippen molar-refractivity contribution in [1.29, 1.82) is 0 Å². The van der Waals surface area contributed by atoms with Crippen molar-refractivity contribution < 1.29 is 8.42 Å². The molecule has 0 bridgehead atoms. The summed E-state index contributed by atoms with van der Waals surface area (Å²) < 4.78 is 27.0. The third-order valence-electron chi connectivity index (χ3n) is 3.27. The molecular weight excluding hydrogens is 270 g/mol. The first-order valence-electron chi connectivity index (χ1n) is 6.14. The van der Waals surface area contributed by atoms with E-state index < -0.39 is 10.0 Å². The predicted octanol–water partition coefficient (Wildman–Crippen LogP) is 1.53. The Morgan fingerprint density at radius 3 is 2.89 bits per heavy atom. The lowest BCUT2D eigenvalue weighted by molar-refractivity contribution is 0.549. The highest BCUT2D eigenvalue weighted by Gasteiger charge is 2.28. The van der Waals surface area contributed by atoms with E-state index >= 15 is 0 Å². The molecule has 1 aliphatic rings. The third kappa shape index (κ3) is 3.07. The first kappa shape index (κ1) is 13.9. The molecule has 1 saturated carbocycles. The Balaban J connectivity index is 2.03. The van der Waals surface area contributed by atoms with Crippen LogP contribution in [0.2, 0.25) is 0 Å². The summed E-state index contributed by atoms with van der Waals surface area (Å²) in [6.45, 7) is 1.93. The molecule has 1 heterocycles. The summed E-state index contributed by atoms with van der Waals surface area (Å²) in [5.41, 5.74) is 0. The fraction of sp³-hybridized carbons (Fsp3) is 0.727. The van der Waals surface area contributed by atoms with E-state index in [1.54, 1.807) is 0 Å². The minimum absolute atomic E-state index is 0.0563. The van der Waals surface area contributed by atoms with E-state index in [2.05, 4.69) is 20.9 Å². The van der Waals surface area contributed by atoms with E-state index in [4.69, 9.17) is 0 Å². The molecule has 7 heteroatoms. The number of nitrogens with zero attached hydrogens (tertiary/aromatic N) is 1. The second-order valence-corrected chi connectivity index (χ2v) is 7.36. The van der Waals surface area contributed by atoms with Crippen molar-refractivity contribution in [2.24, 2.45) is 0 Å². The van der Waals surface area contributed by atoms with Crippen LogP contribution in [-0.2, 0) is 16.4 Å². The maximum absolute atomic E-state index is 12.1. The number of sulfonamides is 1. The molecule has 2 rings (SSSR count). The number of aryl methyl sites for hydroxylation is 1. The van der Waals surface area contributed by atoms with Crippen LogP contribution in [0.15, 0.2) is 11.2 Å². The van der Waals surface area contributed by atoms with E-state index in [9.17, 15) is 8.42 Å². The molecule has 2 N–H and O–H groups in total. The van der Waals surface area contributed by atoms with Crippen molar-refractivity contribution in [2.75, 3.05) is 6.26 Å². The van der Waals surface area contributed by atoms with Gasteiger partial charge in [0.2, 0.25) is 0 Å². The fourth-order valence-electron chi connectivity index (χ4n) is 2.20. The molecule has 0 spiro atoms. The van der Waals surface area contributed by atoms with E-state index in [1.807, 2.05) is 18.7 Å². The van der Waals surface area contributed by atoms with Gasteiger partial charge in [0.05, 0.1) is 6.20 Å². The summed E-state index contributed by atoms with van der Waals surface area (Å²) in [5, 5.41) is 0.748. The van der Waals surface area contributed by atoms with Gasteiger partial charge >= 0.3 is 0 Å². The van der Waals surface area contributed by atoms with E-state index in [-0.39, 0.29) is 11.1 Å². The lowest BCUT2D eigenvalue weighted by Gasteiger charge is -2.11. The molecular formula is C11H19N3O2S2. The van der Waals surface area contributed by atoms with E-state index in [0.717, 1.165) is 19.3 Å². The van der Waals surface area contributed by atoms with Gasteiger partial charge < -0.3 is 4.98 Å². The number of aromatic amines is 1. The topological polar surface area (TPSA) is 74.8 Å². The smallest absolute Gasteiger partial charge is 0.257 e. The largest absolute Gasteiger partial charge is 0.332 e. The number of hydrogen-bond acceptors (Lipinski definition) is 4. The molecule has 1 fully saturated rings. The second-order valence-electron chi connectivity index (χ2n) is 4.54. The van der Waals surface area contributed by atoms with Gasteiger partial charge in [-0.2, -0.15) is 11.8 Å². The van der Waals surface area contributed by atoms with E-state index in [0.29, 0.717) is 17.5 Å². The Hall–Kier alpha value is -0.530. The minimum atomic E-state index is -3.44. The van der Waals surface area contributed by atoms with Crippen molar-refractivity contribution >= 4 is 21.8 Å². The normalized spacial score (nSPS) is 24.6. The number of rotatable bonds is 5. The first-order chi connectivity index (χ1) is 8.55. The molecule has 2 unspecified atom stereocenters. The Morgan fingerprint density at radius 1 is 1.56 bits per heavy atom. The Morgan fingerprint density at radius 2 is 2.33 bits per heavy atom. The number of imidazole rings is 1. The zero-order valence-corrected chi connectivity index (χ0v) is 12.3. The summed E-state index contributed by atoms with van der Waals surface area (Å²) in [4.78, 5) is 6.86. The molecule has 0 saturated heterocycles. The molecule has 5 nitrogen and oxygen atoms in total. The molecule has 0 amide bonds. The summed E-state index contributed by atoms with van der Waals surface area (Å²) in [6, 6.07) is 0.0563. The SMILES string of the molecule is CCc1ncc(S(=O)(=O)NC2CCC(SC)C2)[nH]1. The molecule has 1 aromatic heterocycles. The second kappa shape index (κ2) is 5.63. The lowest BCUT2D eigenvalue weighted by atomic mass is 10.3. The van der Waals surface area contributed by atoms with Gasteiger partial charge in [-0.05, 0) is 25.5 Å². The number of nitrogens with one attached hydrogen (secondary N) is 2. The van der Waals surface area contributed by atoms with Crippen molar-refractivity contribution in [1.82, 2.24) is 14.7 Å². The van der Waals surface area contributed by atoms with Crippen LogP contribution in [0, 0.1) is 0 Å². The van der Waals surface area contributed by atoms with Gasteiger partial charge in [0, 0.05) is 17.7 Å². The molecule has 1 aliphatic carbocycles. The zero-order chi connectivity index (χ0) is 13.2. The number of aromatic nitrogens is 2. The standard InChI is InChI=1S/C11H19N3O2S2/c1-3-10-12-7-11(13-10)18(15,16)14-8-4-5-9(6-8)17-2/h7-9,14H,3-6H2,1-2H3,(H,12,13). The number of thioether (sulfide) groups is 1. The van der Waals surface area contributed by atoms with Crippen LogP contribution in [0.3, 0.4) is 0 Å². The maximum Gasteiger partial charge on any atom is 0.257 e. The molecule has 2 atom stereocenters. The Bertz CT molecular complexity index is 498. The van der Waals surface area contributed by atoms with Gasteiger partial charge in [-0.15, -0.1) is 0 Å². The van der Waals surface area contributed by atoms with Gasteiger partial charge in [0.25, 0.3) is 10.0 Å². The van der Waals surface area contributed by atoms with Gasteiger partial charge in [-0.25, -0.2) is 18.1 Å². The van der Waals surface area contributed by atoms with Crippen LogP contribution in [0.1, 0.15) is 32.0 Å². The Labute approximate surface area is 112 Å². The third-order valence-corrected chi connectivity index (χ3v) is 5.79.